The number of para-hydroxylation sites is 1. The van der Waals surface area contributed by atoms with Crippen LogP contribution in [-0.2, 0) is 0 Å². The number of rotatable bonds is 5. The van der Waals surface area contributed by atoms with Gasteiger partial charge >= 0.3 is 0 Å². The number of hydrogen-bond donors (Lipinski definition) is 3. The highest BCUT2D eigenvalue weighted by Gasteiger charge is 2.18. The Morgan fingerprint density at radius 3 is 2.52 bits per heavy atom. The fraction of sp³-hybridized carbons (Fsp3) is 0.174. The number of carbonyl (C=O) groups is 1. The summed E-state index contributed by atoms with van der Waals surface area (Å²) in [7, 11) is 0. The molecule has 3 aromatic rings. The van der Waals surface area contributed by atoms with E-state index < -0.39 is 0 Å². The van der Waals surface area contributed by atoms with Crippen molar-refractivity contribution >= 4 is 39.8 Å². The van der Waals surface area contributed by atoms with Crippen molar-refractivity contribution in [3.05, 3.63) is 83.3 Å². The number of nitrogens with zero attached hydrogens (tertiary/aromatic N) is 1. The van der Waals surface area contributed by atoms with Gasteiger partial charge in [-0.25, -0.2) is 0 Å². The van der Waals surface area contributed by atoms with Crippen molar-refractivity contribution in [1.29, 1.82) is 5.41 Å². The van der Waals surface area contributed by atoms with Gasteiger partial charge in [0.05, 0.1) is 16.1 Å². The van der Waals surface area contributed by atoms with Crippen molar-refractivity contribution in [1.82, 2.24) is 10.3 Å². The van der Waals surface area contributed by atoms with E-state index in [9.17, 15) is 4.79 Å². The van der Waals surface area contributed by atoms with Crippen LogP contribution in [0, 0.1) is 10.8 Å². The van der Waals surface area contributed by atoms with Gasteiger partial charge in [0.1, 0.15) is 5.82 Å². The molecular formula is C23H23ClN4O. The van der Waals surface area contributed by atoms with E-state index in [-0.39, 0.29) is 11.3 Å². The number of anilines is 1. The minimum atomic E-state index is -0.376. The molecule has 0 spiro atoms. The van der Waals surface area contributed by atoms with Gasteiger partial charge in [0.2, 0.25) is 0 Å². The Hall–Kier alpha value is -3.18. The molecule has 0 aliphatic heterocycles. The van der Waals surface area contributed by atoms with Crippen molar-refractivity contribution in [2.45, 2.75) is 20.8 Å². The Balaban J connectivity index is 1.92. The predicted octanol–water partition coefficient (Wildman–Crippen LogP) is 5.64. The predicted molar refractivity (Wildman–Crippen MR) is 120 cm³/mol. The summed E-state index contributed by atoms with van der Waals surface area (Å²) in [6.45, 7) is 5.83. The number of fused-ring (bicyclic) bond motifs is 1. The molecule has 0 radical (unpaired) electrons. The number of benzene rings is 2. The quantitative estimate of drug-likeness (QED) is 0.480. The van der Waals surface area contributed by atoms with Gasteiger partial charge in [-0.1, -0.05) is 56.6 Å². The van der Waals surface area contributed by atoms with Crippen LogP contribution in [0.3, 0.4) is 0 Å². The molecule has 0 fully saturated rings. The monoisotopic (exact) mass is 406 g/mol. The highest BCUT2D eigenvalue weighted by atomic mass is 35.5. The zero-order valence-electron chi connectivity index (χ0n) is 16.6. The third kappa shape index (κ3) is 5.21. The lowest BCUT2D eigenvalue weighted by molar-refractivity contribution is 0.0966. The van der Waals surface area contributed by atoms with Crippen LogP contribution >= 0.6 is 11.6 Å². The zero-order chi connectivity index (χ0) is 21.0. The lowest BCUT2D eigenvalue weighted by atomic mass is 9.90. The highest BCUT2D eigenvalue weighted by molar-refractivity contribution is 6.34. The maximum Gasteiger partial charge on any atom is 0.258 e. The molecule has 2 aromatic carbocycles. The number of pyridine rings is 1. The smallest absolute Gasteiger partial charge is 0.258 e. The number of nitrogens with one attached hydrogen (secondary N) is 3. The van der Waals surface area contributed by atoms with Crippen molar-refractivity contribution in [2.75, 3.05) is 5.32 Å². The van der Waals surface area contributed by atoms with Crippen molar-refractivity contribution in [3.8, 4) is 0 Å². The first-order valence-corrected chi connectivity index (χ1v) is 9.60. The van der Waals surface area contributed by atoms with Gasteiger partial charge in [-0.05, 0) is 30.3 Å². The average molecular weight is 407 g/mol. The number of allylic oxidation sites excluding steroid dienone is 1. The summed E-state index contributed by atoms with van der Waals surface area (Å²) >= 11 is 6.35. The molecule has 0 saturated heterocycles. The van der Waals surface area contributed by atoms with Crippen LogP contribution in [0.1, 0.15) is 31.1 Å². The topological polar surface area (TPSA) is 77.9 Å². The van der Waals surface area contributed by atoms with Crippen LogP contribution in [0.15, 0.2) is 72.7 Å². The van der Waals surface area contributed by atoms with Crippen molar-refractivity contribution < 1.29 is 4.79 Å². The van der Waals surface area contributed by atoms with Crippen molar-refractivity contribution in [3.63, 3.8) is 0 Å². The van der Waals surface area contributed by atoms with Crippen LogP contribution < -0.4 is 10.6 Å². The van der Waals surface area contributed by atoms with E-state index in [1.54, 1.807) is 24.4 Å². The maximum absolute atomic E-state index is 13.0. The Morgan fingerprint density at radius 1 is 1.10 bits per heavy atom. The standard InChI is InChI=1S/C23H23ClN4O/c1-23(2,3)20(25)14-21(27-16-9-5-4-6-10-16)28-22(29)17-13-19-15(12-18(17)24)8-7-11-26-19/h4-14,25,27H,1-3H3,(H,28,29)/b21-14+,25-20?. The molecule has 0 aliphatic rings. The Kier molecular flexibility index (Phi) is 5.99. The van der Waals surface area contributed by atoms with Crippen molar-refractivity contribution in [2.24, 2.45) is 5.41 Å². The third-order valence-electron chi connectivity index (χ3n) is 4.33. The molecular weight excluding hydrogens is 384 g/mol. The average Bonchev–Trinajstić information content (AvgIpc) is 2.67. The molecule has 1 aromatic heterocycles. The molecule has 0 unspecified atom stereocenters. The van der Waals surface area contributed by atoms with E-state index in [1.165, 1.54) is 0 Å². The molecule has 3 rings (SSSR count). The maximum atomic E-state index is 13.0. The van der Waals surface area contributed by atoms with Gasteiger partial charge in [0.15, 0.2) is 0 Å². The van der Waals surface area contributed by atoms with E-state index in [2.05, 4.69) is 15.6 Å². The van der Waals surface area contributed by atoms with E-state index in [4.69, 9.17) is 17.0 Å². The van der Waals surface area contributed by atoms with E-state index in [0.717, 1.165) is 11.1 Å². The molecule has 1 heterocycles. The molecule has 5 nitrogen and oxygen atoms in total. The molecule has 0 saturated carbocycles. The number of hydrogen-bond acceptors (Lipinski definition) is 4. The first-order chi connectivity index (χ1) is 13.7. The minimum Gasteiger partial charge on any atom is -0.342 e. The van der Waals surface area contributed by atoms with Gasteiger partial charge in [-0.2, -0.15) is 0 Å². The molecule has 0 bridgehead atoms. The lowest BCUT2D eigenvalue weighted by Gasteiger charge is -2.20. The van der Waals surface area contributed by atoms with Crippen LogP contribution in [-0.4, -0.2) is 16.6 Å². The largest absolute Gasteiger partial charge is 0.342 e. The molecule has 1 amide bonds. The molecule has 148 valence electrons. The second-order valence-electron chi connectivity index (χ2n) is 7.69. The second kappa shape index (κ2) is 8.45. The Labute approximate surface area is 175 Å². The molecule has 6 heteroatoms. The normalized spacial score (nSPS) is 11.9. The Morgan fingerprint density at radius 2 is 1.83 bits per heavy atom. The van der Waals surface area contributed by atoms with Gasteiger partial charge in [-0.15, -0.1) is 0 Å². The summed E-state index contributed by atoms with van der Waals surface area (Å²) in [4.78, 5) is 17.3. The summed E-state index contributed by atoms with van der Waals surface area (Å²) in [5, 5.41) is 15.6. The number of halogens is 1. The second-order valence-corrected chi connectivity index (χ2v) is 8.10. The van der Waals surface area contributed by atoms with E-state index in [1.807, 2.05) is 63.2 Å². The molecule has 29 heavy (non-hydrogen) atoms. The van der Waals surface area contributed by atoms with Gasteiger partial charge < -0.3 is 16.0 Å². The van der Waals surface area contributed by atoms with Gasteiger partial charge in [-0.3, -0.25) is 9.78 Å². The fourth-order valence-corrected chi connectivity index (χ4v) is 2.86. The third-order valence-corrected chi connectivity index (χ3v) is 4.65. The summed E-state index contributed by atoms with van der Waals surface area (Å²) < 4.78 is 0. The van der Waals surface area contributed by atoms with Gasteiger partial charge in [0.25, 0.3) is 5.91 Å². The van der Waals surface area contributed by atoms with E-state index >= 15 is 0 Å². The number of amides is 1. The van der Waals surface area contributed by atoms with Crippen LogP contribution in [0.4, 0.5) is 5.69 Å². The number of aromatic nitrogens is 1. The number of carbonyl (C=O) groups excluding carboxylic acids is 1. The zero-order valence-corrected chi connectivity index (χ0v) is 17.3. The molecule has 0 atom stereocenters. The first-order valence-electron chi connectivity index (χ1n) is 9.22. The molecule has 0 aliphatic carbocycles. The SMILES string of the molecule is CC(C)(C)C(=N)/C=C(/NC(=O)c1cc2ncccc2cc1Cl)Nc1ccccc1. The Bertz CT molecular complexity index is 1080. The molecule has 3 N–H and O–H groups in total. The fourth-order valence-electron chi connectivity index (χ4n) is 2.60. The lowest BCUT2D eigenvalue weighted by Crippen LogP contribution is -2.29. The van der Waals surface area contributed by atoms with Crippen LogP contribution in [0.25, 0.3) is 10.9 Å². The minimum absolute atomic E-state index is 0.320. The summed E-state index contributed by atoms with van der Waals surface area (Å²) in [6, 6.07) is 16.6. The summed E-state index contributed by atoms with van der Waals surface area (Å²) in [6.07, 6.45) is 3.29. The van der Waals surface area contributed by atoms with Gasteiger partial charge in [0, 0.05) is 34.5 Å². The summed E-state index contributed by atoms with van der Waals surface area (Å²) in [5.41, 5.74) is 1.82. The first kappa shape index (κ1) is 20.6. The van der Waals surface area contributed by atoms with Crippen LogP contribution in [0.5, 0.6) is 0 Å². The summed E-state index contributed by atoms with van der Waals surface area (Å²) in [5.74, 6) is 0.0252. The highest BCUT2D eigenvalue weighted by Crippen LogP contribution is 2.23. The van der Waals surface area contributed by atoms with Crippen LogP contribution in [0.2, 0.25) is 5.02 Å². The van der Waals surface area contributed by atoms with E-state index in [0.29, 0.717) is 27.6 Å².